The Morgan fingerprint density at radius 3 is 2.11 bits per heavy atom. The number of aliphatic hydroxyl groups excluding tert-OH is 1. The standard InChI is InChI=1S/C84H115FN14O16/c1-53-17-16-35-86-79(107)65(44-57-25-28-63(114-7)29-26-57)92-82(110)75(55(3)100)95-83(111)76-70-34-39-98(76)84(112)67-46-61-51-96(69-30-27-62(85)47-64(61)69)37-12-8-9-13-38-97(50-58-23-21-56(22-24-58)33-36-87-77(53)105)74(104)32-31-72(102)90-54(2)78(106)94-68(49-89-71(101)20-11-10-14-40-99(4,5)41-42-113-6)81(109)91-66(80(108)93-67)45-59-18-15-19-60(43-59)48-88-73(103)52-115-70/h15,18-19,21-30,43,47,51,53-55,65-68,70,75-76,100H,8-14,16-17,20,31-42,44-46,48-50,52H2,1-7H3,(H9-,86,87,88,89,90,91,92,93,94,95,101,102,103,105,106,107,108,109,110,111)/p+1/t53?,54-,55+,65-,66-,67-,68+,70-,75-,76-/m0/s1. The molecular formula is C84H116FN14O16+. The Kier molecular flexibility index (Phi) is 33.4. The fraction of sp³-hybridized carbons (Fsp3) is 0.548. The first kappa shape index (κ1) is 88.6. The molecule has 5 aliphatic heterocycles. The van der Waals surface area contributed by atoms with Crippen molar-refractivity contribution < 1.29 is 85.7 Å². The van der Waals surface area contributed by atoms with Gasteiger partial charge in [0.15, 0.2) is 0 Å². The smallest absolute Gasteiger partial charge is 0.246 e. The number of aliphatic hydroxyl groups is 1. The fourth-order valence-corrected chi connectivity index (χ4v) is 14.9. The summed E-state index contributed by atoms with van der Waals surface area (Å²) in [6, 6.07) is 14.3. The van der Waals surface area contributed by atoms with Gasteiger partial charge >= 0.3 is 0 Å². The van der Waals surface area contributed by atoms with Gasteiger partial charge in [-0.15, -0.1) is 0 Å². The quantitative estimate of drug-likeness (QED) is 0.0408. The van der Waals surface area contributed by atoms with Gasteiger partial charge in [-0.05, 0) is 135 Å². The van der Waals surface area contributed by atoms with Gasteiger partial charge in [0.1, 0.15) is 67.0 Å². The maximum Gasteiger partial charge on any atom is 0.246 e. The van der Waals surface area contributed by atoms with Gasteiger partial charge in [0.05, 0.1) is 46.6 Å². The van der Waals surface area contributed by atoms with Crippen LogP contribution in [0.1, 0.15) is 138 Å². The lowest BCUT2D eigenvalue weighted by atomic mass is 10.00. The first-order chi connectivity index (χ1) is 55.1. The number of nitrogens with zero attached hydrogens (tertiary/aromatic N) is 4. The molecule has 5 aromatic rings. The second-order valence-corrected chi connectivity index (χ2v) is 31.4. The molecule has 6 heterocycles. The Hall–Kier alpha value is -10.4. The van der Waals surface area contributed by atoms with E-state index in [0.29, 0.717) is 127 Å². The number of likely N-dealkylation sites (N-methyl/N-ethyl adjacent to an activating group) is 1. The van der Waals surface area contributed by atoms with Crippen molar-refractivity contribution in [2.24, 2.45) is 5.92 Å². The van der Waals surface area contributed by atoms with Gasteiger partial charge < -0.3 is 91.3 Å². The van der Waals surface area contributed by atoms with E-state index in [2.05, 4.69) is 67.3 Å². The Balaban J connectivity index is 1.13. The van der Waals surface area contributed by atoms with Crippen molar-refractivity contribution in [2.75, 3.05) is 87.3 Å². The van der Waals surface area contributed by atoms with Gasteiger partial charge in [-0.1, -0.05) is 80.4 Å². The number of hydrogen-bond acceptors (Lipinski definition) is 16. The van der Waals surface area contributed by atoms with Crippen molar-refractivity contribution in [3.05, 3.63) is 136 Å². The fourth-order valence-electron chi connectivity index (χ4n) is 14.9. The van der Waals surface area contributed by atoms with Crippen LogP contribution in [0.3, 0.4) is 0 Å². The number of carbonyl (C=O) groups is 12. The van der Waals surface area contributed by atoms with Crippen molar-refractivity contribution in [3.63, 3.8) is 0 Å². The van der Waals surface area contributed by atoms with Crippen LogP contribution in [0.5, 0.6) is 5.75 Å². The van der Waals surface area contributed by atoms with Crippen molar-refractivity contribution >= 4 is 81.8 Å². The number of halogens is 1. The molecule has 0 spiro atoms. The zero-order chi connectivity index (χ0) is 82.7. The molecule has 12 bridgehead atoms. The number of rotatable bonds is 15. The molecule has 12 amide bonds. The van der Waals surface area contributed by atoms with E-state index in [1.807, 2.05) is 28.8 Å². The van der Waals surface area contributed by atoms with Crippen LogP contribution < -0.4 is 57.9 Å². The van der Waals surface area contributed by atoms with E-state index in [1.165, 1.54) is 33.1 Å². The summed E-state index contributed by atoms with van der Waals surface area (Å²) < 4.78 is 35.4. The number of unbranched alkanes of at least 4 members (excludes halogenated alkanes) is 2. The Morgan fingerprint density at radius 2 is 1.37 bits per heavy atom. The Morgan fingerprint density at radius 1 is 0.643 bits per heavy atom. The minimum absolute atomic E-state index is 0.0577. The number of benzene rings is 4. The number of hydrogen-bond donors (Lipinski definition) is 11. The lowest BCUT2D eigenvalue weighted by molar-refractivity contribution is -0.890. The highest BCUT2D eigenvalue weighted by Crippen LogP contribution is 2.29. The van der Waals surface area contributed by atoms with E-state index in [0.717, 1.165) is 35.5 Å². The largest absolute Gasteiger partial charge is 0.497 e. The molecule has 624 valence electrons. The first-order valence-electron chi connectivity index (χ1n) is 40.3. The van der Waals surface area contributed by atoms with Crippen LogP contribution in [0.4, 0.5) is 4.39 Å². The number of fused-ring (bicyclic) bond motifs is 22. The van der Waals surface area contributed by atoms with Gasteiger partial charge in [-0.25, -0.2) is 4.39 Å². The van der Waals surface area contributed by atoms with E-state index >= 15 is 23.6 Å². The van der Waals surface area contributed by atoms with Gasteiger partial charge in [0.25, 0.3) is 0 Å². The van der Waals surface area contributed by atoms with Gasteiger partial charge in [0.2, 0.25) is 70.9 Å². The van der Waals surface area contributed by atoms with Gasteiger partial charge in [0, 0.05) is 121 Å². The predicted molar refractivity (Wildman–Crippen MR) is 426 cm³/mol. The summed E-state index contributed by atoms with van der Waals surface area (Å²) >= 11 is 0. The molecule has 1 fully saturated rings. The normalized spacial score (nSPS) is 23.7. The van der Waals surface area contributed by atoms with Crippen LogP contribution >= 0.6 is 0 Å². The van der Waals surface area contributed by atoms with E-state index in [9.17, 15) is 43.5 Å². The summed E-state index contributed by atoms with van der Waals surface area (Å²) in [4.78, 5) is 179. The molecule has 31 heteroatoms. The highest BCUT2D eigenvalue weighted by atomic mass is 19.1. The van der Waals surface area contributed by atoms with E-state index in [-0.39, 0.29) is 82.9 Å². The Labute approximate surface area is 671 Å². The van der Waals surface area contributed by atoms with Gasteiger partial charge in [-0.3, -0.25) is 57.5 Å². The van der Waals surface area contributed by atoms with Crippen molar-refractivity contribution in [3.8, 4) is 5.75 Å². The topological polar surface area (TPSA) is 384 Å². The van der Waals surface area contributed by atoms with Crippen LogP contribution in [0, 0.1) is 11.7 Å². The molecule has 10 rings (SSSR count). The lowest BCUT2D eigenvalue weighted by Gasteiger charge is -2.33. The minimum Gasteiger partial charge on any atom is -0.497 e. The number of aryl methyl sites for hydroxylation is 1. The van der Waals surface area contributed by atoms with Crippen molar-refractivity contribution in [1.29, 1.82) is 0 Å². The minimum atomic E-state index is -1.82. The van der Waals surface area contributed by atoms with Crippen LogP contribution in [0.2, 0.25) is 0 Å². The highest BCUT2D eigenvalue weighted by molar-refractivity contribution is 5.99. The Bertz CT molecular complexity index is 4200. The van der Waals surface area contributed by atoms with Crippen LogP contribution in [-0.2, 0) is 112 Å². The monoisotopic (exact) mass is 1600 g/mol. The van der Waals surface area contributed by atoms with Crippen LogP contribution in [0.15, 0.2) is 97.2 Å². The number of nitrogens with one attached hydrogen (secondary N) is 10. The number of aromatic nitrogens is 1. The maximum atomic E-state index is 16.2. The lowest BCUT2D eigenvalue weighted by Crippen LogP contribution is -2.63. The average molecular weight is 1600 g/mol. The molecule has 1 aromatic heterocycles. The van der Waals surface area contributed by atoms with Crippen LogP contribution in [0.25, 0.3) is 10.9 Å². The first-order valence-corrected chi connectivity index (χ1v) is 40.3. The molecule has 1 saturated heterocycles. The second-order valence-electron chi connectivity index (χ2n) is 31.4. The summed E-state index contributed by atoms with van der Waals surface area (Å²) in [5.74, 6) is -9.17. The molecule has 0 aliphatic carbocycles. The van der Waals surface area contributed by atoms with Crippen LogP contribution in [-0.4, -0.2) is 237 Å². The average Bonchev–Trinajstić information content (AvgIpc) is 1.64. The molecule has 0 saturated carbocycles. The molecule has 4 aromatic carbocycles. The third kappa shape index (κ3) is 26.9. The molecule has 5 aliphatic rings. The number of amides is 12. The van der Waals surface area contributed by atoms with Gasteiger partial charge in [-0.2, -0.15) is 0 Å². The zero-order valence-corrected chi connectivity index (χ0v) is 67.3. The molecule has 1 unspecified atom stereocenters. The molecule has 11 N–H and O–H groups in total. The molecule has 30 nitrogen and oxygen atoms in total. The number of carbonyl (C=O) groups excluding carboxylic acids is 12. The summed E-state index contributed by atoms with van der Waals surface area (Å²) in [7, 11) is 7.33. The molecule has 0 radical (unpaired) electrons. The molecule has 115 heavy (non-hydrogen) atoms. The predicted octanol–water partition coefficient (Wildman–Crippen LogP) is 2.73. The number of ether oxygens (including phenoxy) is 3. The maximum absolute atomic E-state index is 16.2. The summed E-state index contributed by atoms with van der Waals surface area (Å²) in [5.41, 5.74) is 4.28. The number of methoxy groups -OCH3 is 2. The SMILES string of the molecule is COCC[N+](C)(C)CCCCCC(=O)NC[C@H]1NC(=O)[C@H](C)NC(=O)CCC(=O)N2CCCCCCn3cc(c4cc(F)ccc43)C[C@@H]3NC(=O)[C@H](Cc4cccc(c4)CNC(=O)CO[C@H]4CCN(C3=O)[C@@H]4C(=O)N[C@@H]([C@@H](C)O)C(=O)N[C@@H](Cc3ccc(OC)cc3)C(=O)NCCCC(C)C(=O)NCCc3ccc(cc3)C2)NC1=O. The zero-order valence-electron chi connectivity index (χ0n) is 67.3. The van der Waals surface area contributed by atoms with Crippen molar-refractivity contribution in [2.45, 2.75) is 204 Å². The molecular weight excluding hydrogens is 1480 g/mol. The third-order valence-electron chi connectivity index (χ3n) is 21.8. The summed E-state index contributed by atoms with van der Waals surface area (Å²) in [5, 5.41) is 39.8. The number of quaternary nitrogens is 1. The summed E-state index contributed by atoms with van der Waals surface area (Å²) in [6.45, 7) is 6.47. The van der Waals surface area contributed by atoms with E-state index < -0.39 is 138 Å². The summed E-state index contributed by atoms with van der Waals surface area (Å²) in [6.07, 6.45) is 3.19. The van der Waals surface area contributed by atoms with Crippen molar-refractivity contribution in [1.82, 2.24) is 67.5 Å². The van der Waals surface area contributed by atoms with E-state index in [1.54, 1.807) is 79.7 Å². The highest BCUT2D eigenvalue weighted by Gasteiger charge is 2.47. The van der Waals surface area contributed by atoms with E-state index in [4.69, 9.17) is 14.2 Å². The molecule has 10 atom stereocenters. The second kappa shape index (κ2) is 43.4. The third-order valence-corrected chi connectivity index (χ3v) is 21.8.